The number of amides is 1. The zero-order valence-electron chi connectivity index (χ0n) is 11.3. The predicted octanol–water partition coefficient (Wildman–Crippen LogP) is 2.35. The van der Waals surface area contributed by atoms with Gasteiger partial charge in [-0.2, -0.15) is 0 Å². The largest absolute Gasteiger partial charge is 0.384 e. The molecule has 0 saturated heterocycles. The van der Waals surface area contributed by atoms with Gasteiger partial charge in [-0.25, -0.2) is 0 Å². The van der Waals surface area contributed by atoms with E-state index in [9.17, 15) is 4.79 Å². The number of rotatable bonds is 4. The molecule has 1 heterocycles. The first-order valence-electron chi connectivity index (χ1n) is 6.61. The lowest BCUT2D eigenvalue weighted by atomic mass is 10.2. The molecule has 1 fully saturated rings. The molecular weight excluding hydrogens is 258 g/mol. The highest BCUT2D eigenvalue weighted by Gasteiger charge is 2.34. The molecule has 0 bridgehead atoms. The lowest BCUT2D eigenvalue weighted by molar-refractivity contribution is 0.0727. The first kappa shape index (κ1) is 14.1. The molecule has 19 heavy (non-hydrogen) atoms. The SMILES string of the molecule is CC(C)CN(C(=O)c1sccc1C#CCO)C1CC1. The molecule has 1 saturated carbocycles. The van der Waals surface area contributed by atoms with E-state index >= 15 is 0 Å². The average molecular weight is 277 g/mol. The van der Waals surface area contributed by atoms with Gasteiger partial charge < -0.3 is 10.0 Å². The Balaban J connectivity index is 2.19. The Morgan fingerprint density at radius 3 is 2.89 bits per heavy atom. The zero-order chi connectivity index (χ0) is 13.8. The highest BCUT2D eigenvalue weighted by atomic mass is 32.1. The van der Waals surface area contributed by atoms with Crippen molar-refractivity contribution in [2.75, 3.05) is 13.2 Å². The summed E-state index contributed by atoms with van der Waals surface area (Å²) < 4.78 is 0. The molecule has 0 radical (unpaired) electrons. The normalized spacial score (nSPS) is 14.1. The Hall–Kier alpha value is -1.31. The van der Waals surface area contributed by atoms with Gasteiger partial charge in [-0.1, -0.05) is 25.7 Å². The fourth-order valence-corrected chi connectivity index (χ4v) is 2.82. The van der Waals surface area contributed by atoms with Crippen molar-refractivity contribution >= 4 is 17.2 Å². The van der Waals surface area contributed by atoms with Crippen molar-refractivity contribution in [3.63, 3.8) is 0 Å². The summed E-state index contributed by atoms with van der Waals surface area (Å²) in [7, 11) is 0. The van der Waals surface area contributed by atoms with Gasteiger partial charge in [-0.3, -0.25) is 4.79 Å². The van der Waals surface area contributed by atoms with Gasteiger partial charge in [0, 0.05) is 18.2 Å². The third kappa shape index (κ3) is 3.59. The van der Waals surface area contributed by atoms with E-state index in [-0.39, 0.29) is 12.5 Å². The maximum atomic E-state index is 12.6. The van der Waals surface area contributed by atoms with E-state index in [1.165, 1.54) is 11.3 Å². The summed E-state index contributed by atoms with van der Waals surface area (Å²) in [6, 6.07) is 2.26. The molecule has 0 unspecified atom stereocenters. The van der Waals surface area contributed by atoms with E-state index in [2.05, 4.69) is 25.7 Å². The van der Waals surface area contributed by atoms with Crippen LogP contribution in [0.4, 0.5) is 0 Å². The van der Waals surface area contributed by atoms with Crippen LogP contribution in [0.25, 0.3) is 0 Å². The number of thiophene rings is 1. The number of aliphatic hydroxyl groups excluding tert-OH is 1. The van der Waals surface area contributed by atoms with Crippen LogP contribution < -0.4 is 0 Å². The number of carbonyl (C=O) groups is 1. The van der Waals surface area contributed by atoms with Gasteiger partial charge in [-0.05, 0) is 30.2 Å². The summed E-state index contributed by atoms with van der Waals surface area (Å²) in [6.45, 7) is 4.88. The summed E-state index contributed by atoms with van der Waals surface area (Å²) >= 11 is 1.43. The Morgan fingerprint density at radius 1 is 1.58 bits per heavy atom. The zero-order valence-corrected chi connectivity index (χ0v) is 12.2. The lowest BCUT2D eigenvalue weighted by Gasteiger charge is -2.24. The van der Waals surface area contributed by atoms with Crippen molar-refractivity contribution in [3.05, 3.63) is 21.9 Å². The Bertz CT molecular complexity index is 506. The van der Waals surface area contributed by atoms with Crippen LogP contribution in [0.15, 0.2) is 11.4 Å². The van der Waals surface area contributed by atoms with Crippen molar-refractivity contribution in [1.29, 1.82) is 0 Å². The molecule has 0 atom stereocenters. The highest BCUT2D eigenvalue weighted by Crippen LogP contribution is 2.30. The van der Waals surface area contributed by atoms with E-state index in [0.29, 0.717) is 16.8 Å². The number of nitrogens with zero attached hydrogens (tertiary/aromatic N) is 1. The van der Waals surface area contributed by atoms with Crippen molar-refractivity contribution in [3.8, 4) is 11.8 Å². The maximum Gasteiger partial charge on any atom is 0.265 e. The van der Waals surface area contributed by atoms with E-state index < -0.39 is 0 Å². The summed E-state index contributed by atoms with van der Waals surface area (Å²) in [5.74, 6) is 6.03. The number of hydrogen-bond donors (Lipinski definition) is 1. The molecule has 1 aliphatic carbocycles. The number of carbonyl (C=O) groups excluding carboxylic acids is 1. The number of hydrogen-bond acceptors (Lipinski definition) is 3. The molecule has 3 nitrogen and oxygen atoms in total. The van der Waals surface area contributed by atoms with Gasteiger partial charge in [0.05, 0.1) is 0 Å². The fraction of sp³-hybridized carbons (Fsp3) is 0.533. The molecule has 2 rings (SSSR count). The minimum absolute atomic E-state index is 0.0911. The van der Waals surface area contributed by atoms with Crippen LogP contribution in [-0.2, 0) is 0 Å². The summed E-state index contributed by atoms with van der Waals surface area (Å²) in [5.41, 5.74) is 0.735. The quantitative estimate of drug-likeness (QED) is 0.858. The van der Waals surface area contributed by atoms with Crippen molar-refractivity contribution in [1.82, 2.24) is 4.90 Å². The predicted molar refractivity (Wildman–Crippen MR) is 77.2 cm³/mol. The van der Waals surface area contributed by atoms with Crippen LogP contribution in [0.1, 0.15) is 41.9 Å². The van der Waals surface area contributed by atoms with E-state index in [1.54, 1.807) is 0 Å². The molecule has 1 N–H and O–H groups in total. The molecule has 4 heteroatoms. The van der Waals surface area contributed by atoms with Crippen LogP contribution in [0.2, 0.25) is 0 Å². The smallest absolute Gasteiger partial charge is 0.265 e. The second-order valence-electron chi connectivity index (χ2n) is 5.21. The van der Waals surface area contributed by atoms with Gasteiger partial charge >= 0.3 is 0 Å². The molecule has 1 aliphatic rings. The van der Waals surface area contributed by atoms with Gasteiger partial charge in [0.25, 0.3) is 5.91 Å². The molecule has 1 aromatic rings. The van der Waals surface area contributed by atoms with Crippen molar-refractivity contribution in [2.24, 2.45) is 5.92 Å². The molecule has 0 spiro atoms. The van der Waals surface area contributed by atoms with Gasteiger partial charge in [0.2, 0.25) is 0 Å². The molecule has 102 valence electrons. The minimum Gasteiger partial charge on any atom is -0.384 e. The Labute approximate surface area is 118 Å². The van der Waals surface area contributed by atoms with Crippen molar-refractivity contribution < 1.29 is 9.90 Å². The summed E-state index contributed by atoms with van der Waals surface area (Å²) in [4.78, 5) is 15.3. The third-order valence-corrected chi connectivity index (χ3v) is 3.87. The van der Waals surface area contributed by atoms with Gasteiger partial charge in [-0.15, -0.1) is 11.3 Å². The maximum absolute atomic E-state index is 12.6. The first-order valence-corrected chi connectivity index (χ1v) is 7.49. The van der Waals surface area contributed by atoms with Crippen LogP contribution >= 0.6 is 11.3 Å². The Morgan fingerprint density at radius 2 is 2.32 bits per heavy atom. The highest BCUT2D eigenvalue weighted by molar-refractivity contribution is 7.12. The second-order valence-corrected chi connectivity index (χ2v) is 6.12. The van der Waals surface area contributed by atoms with Gasteiger partial charge in [0.1, 0.15) is 11.5 Å². The topological polar surface area (TPSA) is 40.5 Å². The standard InChI is InChI=1S/C15H19NO2S/c1-11(2)10-16(13-5-6-13)15(18)14-12(4-3-8-17)7-9-19-14/h7,9,11,13,17H,5-6,8,10H2,1-2H3. The molecule has 1 aromatic heterocycles. The lowest BCUT2D eigenvalue weighted by Crippen LogP contribution is -2.36. The van der Waals surface area contributed by atoms with E-state index in [1.807, 2.05) is 16.3 Å². The fourth-order valence-electron chi connectivity index (χ4n) is 2.02. The number of aliphatic hydroxyl groups is 1. The van der Waals surface area contributed by atoms with Gasteiger partial charge in [0.15, 0.2) is 0 Å². The summed E-state index contributed by atoms with van der Waals surface area (Å²) in [5, 5.41) is 10.6. The molecule has 0 aliphatic heterocycles. The summed E-state index contributed by atoms with van der Waals surface area (Å²) in [6.07, 6.45) is 2.23. The van der Waals surface area contributed by atoms with Crippen LogP contribution in [0.5, 0.6) is 0 Å². The monoisotopic (exact) mass is 277 g/mol. The third-order valence-electron chi connectivity index (χ3n) is 2.97. The Kier molecular flexibility index (Phi) is 4.62. The first-order chi connectivity index (χ1) is 9.13. The molecule has 0 aromatic carbocycles. The van der Waals surface area contributed by atoms with E-state index in [4.69, 9.17) is 5.11 Å². The minimum atomic E-state index is -0.179. The van der Waals surface area contributed by atoms with Crippen LogP contribution in [-0.4, -0.2) is 35.1 Å². The van der Waals surface area contributed by atoms with Crippen LogP contribution in [0, 0.1) is 17.8 Å². The van der Waals surface area contributed by atoms with Crippen molar-refractivity contribution in [2.45, 2.75) is 32.7 Å². The molecular formula is C15H19NO2S. The van der Waals surface area contributed by atoms with E-state index in [0.717, 1.165) is 24.9 Å². The second kappa shape index (κ2) is 6.23. The molecule has 1 amide bonds. The average Bonchev–Trinajstić information content (AvgIpc) is 3.11. The van der Waals surface area contributed by atoms with Crippen LogP contribution in [0.3, 0.4) is 0 Å².